The lowest BCUT2D eigenvalue weighted by Gasteiger charge is -2.06. The molecule has 0 saturated carbocycles. The fourth-order valence-corrected chi connectivity index (χ4v) is 2.40. The van der Waals surface area contributed by atoms with Gasteiger partial charge in [0.2, 0.25) is 0 Å². The minimum absolute atomic E-state index is 0.454. The van der Waals surface area contributed by atoms with Crippen molar-refractivity contribution in [3.8, 4) is 6.07 Å². The summed E-state index contributed by atoms with van der Waals surface area (Å²) in [5, 5.41) is 8.67. The van der Waals surface area contributed by atoms with Crippen LogP contribution in [0.2, 0.25) is 0 Å². The molecule has 0 aliphatic rings. The maximum Gasteiger partial charge on any atom is 0.140 e. The van der Waals surface area contributed by atoms with Gasteiger partial charge in [-0.15, -0.1) is 0 Å². The van der Waals surface area contributed by atoms with Gasteiger partial charge in [0.25, 0.3) is 0 Å². The molecule has 0 unspecified atom stereocenters. The molecular weight excluding hydrogens is 228 g/mol. The average Bonchev–Trinajstić information content (AvgIpc) is 2.34. The van der Waals surface area contributed by atoms with Gasteiger partial charge in [0.05, 0.1) is 0 Å². The number of nitrogens with zero attached hydrogens (tertiary/aromatic N) is 2. The number of hydrogen-bond acceptors (Lipinski definition) is 3. The number of nitriles is 1. The molecule has 2 nitrogen and oxygen atoms in total. The second-order valence-corrected chi connectivity index (χ2v) is 4.98. The Hall–Kier alpha value is -1.79. The minimum Gasteiger partial charge on any atom is -0.244 e. The third-order valence-corrected chi connectivity index (χ3v) is 3.56. The van der Waals surface area contributed by atoms with Crippen LogP contribution in [0.5, 0.6) is 0 Å². The molecule has 17 heavy (non-hydrogen) atoms. The number of aryl methyl sites for hydroxylation is 2. The fourth-order valence-electron chi connectivity index (χ4n) is 1.55. The zero-order valence-corrected chi connectivity index (χ0v) is 10.6. The lowest BCUT2D eigenvalue weighted by molar-refractivity contribution is 1.19. The van der Waals surface area contributed by atoms with Crippen LogP contribution in [0.1, 0.15) is 16.8 Å². The molecule has 0 spiro atoms. The van der Waals surface area contributed by atoms with Crippen molar-refractivity contribution in [1.82, 2.24) is 4.98 Å². The maximum absolute atomic E-state index is 8.67. The van der Waals surface area contributed by atoms with Crippen molar-refractivity contribution >= 4 is 11.8 Å². The molecule has 0 aliphatic carbocycles. The molecule has 1 aromatic carbocycles. The maximum atomic E-state index is 8.67. The second-order valence-electron chi connectivity index (χ2n) is 3.86. The molecule has 0 fully saturated rings. The van der Waals surface area contributed by atoms with Crippen molar-refractivity contribution in [1.29, 1.82) is 5.26 Å². The van der Waals surface area contributed by atoms with Gasteiger partial charge < -0.3 is 0 Å². The molecule has 84 valence electrons. The molecule has 2 rings (SSSR count). The zero-order chi connectivity index (χ0) is 12.3. The normalized spacial score (nSPS) is 9.94. The standard InChI is InChI=1S/C14H12N2S/c1-10-3-6-14(11(2)7-10)17-13-5-4-12(8-15)16-9-13/h3-7,9H,1-2H3. The molecule has 3 heteroatoms. The molecule has 0 atom stereocenters. The summed E-state index contributed by atoms with van der Waals surface area (Å²) in [5.74, 6) is 0. The summed E-state index contributed by atoms with van der Waals surface area (Å²) in [4.78, 5) is 6.33. The molecule has 0 N–H and O–H groups in total. The van der Waals surface area contributed by atoms with Crippen molar-refractivity contribution in [3.63, 3.8) is 0 Å². The number of pyridine rings is 1. The Labute approximate surface area is 105 Å². The fraction of sp³-hybridized carbons (Fsp3) is 0.143. The van der Waals surface area contributed by atoms with Crippen molar-refractivity contribution in [2.24, 2.45) is 0 Å². The number of hydrogen-bond donors (Lipinski definition) is 0. The Balaban J connectivity index is 2.23. The molecule has 0 aliphatic heterocycles. The van der Waals surface area contributed by atoms with E-state index in [2.05, 4.69) is 37.0 Å². The summed E-state index contributed by atoms with van der Waals surface area (Å²) in [6, 6.07) is 12.1. The number of rotatable bonds is 2. The van der Waals surface area contributed by atoms with E-state index in [0.717, 1.165) is 4.90 Å². The summed E-state index contributed by atoms with van der Waals surface area (Å²) >= 11 is 1.67. The van der Waals surface area contributed by atoms with Crippen LogP contribution >= 0.6 is 11.8 Å². The van der Waals surface area contributed by atoms with Crippen LogP contribution in [0, 0.1) is 25.2 Å². The molecule has 1 aromatic heterocycles. The van der Waals surface area contributed by atoms with E-state index in [0.29, 0.717) is 5.69 Å². The smallest absolute Gasteiger partial charge is 0.140 e. The predicted molar refractivity (Wildman–Crippen MR) is 69.0 cm³/mol. The van der Waals surface area contributed by atoms with Crippen molar-refractivity contribution < 1.29 is 0 Å². The third-order valence-electron chi connectivity index (χ3n) is 2.41. The Kier molecular flexibility index (Phi) is 3.46. The van der Waals surface area contributed by atoms with E-state index in [1.165, 1.54) is 16.0 Å². The first kappa shape index (κ1) is 11.7. The molecule has 1 heterocycles. The zero-order valence-electron chi connectivity index (χ0n) is 9.77. The van der Waals surface area contributed by atoms with Gasteiger partial charge in [0, 0.05) is 16.0 Å². The van der Waals surface area contributed by atoms with Gasteiger partial charge in [-0.1, -0.05) is 29.5 Å². The van der Waals surface area contributed by atoms with Crippen molar-refractivity contribution in [2.75, 3.05) is 0 Å². The number of benzene rings is 1. The van der Waals surface area contributed by atoms with Gasteiger partial charge in [0.15, 0.2) is 0 Å². The van der Waals surface area contributed by atoms with E-state index in [1.807, 2.05) is 12.1 Å². The lowest BCUT2D eigenvalue weighted by Crippen LogP contribution is -1.84. The summed E-state index contributed by atoms with van der Waals surface area (Å²) in [6.07, 6.45) is 1.74. The van der Waals surface area contributed by atoms with E-state index in [1.54, 1.807) is 24.0 Å². The summed E-state index contributed by atoms with van der Waals surface area (Å²) in [6.45, 7) is 4.19. The highest BCUT2D eigenvalue weighted by molar-refractivity contribution is 7.99. The first-order chi connectivity index (χ1) is 8.19. The van der Waals surface area contributed by atoms with Gasteiger partial charge in [-0.05, 0) is 37.6 Å². The molecular formula is C14H12N2S. The van der Waals surface area contributed by atoms with Crippen LogP contribution < -0.4 is 0 Å². The van der Waals surface area contributed by atoms with E-state index in [4.69, 9.17) is 5.26 Å². The monoisotopic (exact) mass is 240 g/mol. The number of aromatic nitrogens is 1. The van der Waals surface area contributed by atoms with Crippen LogP contribution in [-0.4, -0.2) is 4.98 Å². The van der Waals surface area contributed by atoms with Gasteiger partial charge in [0.1, 0.15) is 11.8 Å². The first-order valence-corrected chi connectivity index (χ1v) is 6.12. The minimum atomic E-state index is 0.454. The summed E-state index contributed by atoms with van der Waals surface area (Å²) < 4.78 is 0. The van der Waals surface area contributed by atoms with Gasteiger partial charge in [-0.2, -0.15) is 5.26 Å². The summed E-state index contributed by atoms with van der Waals surface area (Å²) in [7, 11) is 0. The predicted octanol–water partition coefficient (Wildman–Crippen LogP) is 3.72. The van der Waals surface area contributed by atoms with Crippen LogP contribution in [-0.2, 0) is 0 Å². The first-order valence-electron chi connectivity index (χ1n) is 5.30. The highest BCUT2D eigenvalue weighted by Crippen LogP contribution is 2.30. The van der Waals surface area contributed by atoms with E-state index < -0.39 is 0 Å². The molecule has 2 aromatic rings. The highest BCUT2D eigenvalue weighted by Gasteiger charge is 2.02. The average molecular weight is 240 g/mol. The Morgan fingerprint density at radius 2 is 2.00 bits per heavy atom. The Bertz CT molecular complexity index is 568. The van der Waals surface area contributed by atoms with Crippen molar-refractivity contribution in [3.05, 3.63) is 53.3 Å². The third kappa shape index (κ3) is 2.86. The SMILES string of the molecule is Cc1ccc(Sc2ccc(C#N)nc2)c(C)c1. The van der Waals surface area contributed by atoms with Gasteiger partial charge in [-0.25, -0.2) is 4.98 Å². The topological polar surface area (TPSA) is 36.7 Å². The molecule has 0 saturated heterocycles. The Morgan fingerprint density at radius 3 is 2.59 bits per heavy atom. The van der Waals surface area contributed by atoms with E-state index in [-0.39, 0.29) is 0 Å². The highest BCUT2D eigenvalue weighted by atomic mass is 32.2. The van der Waals surface area contributed by atoms with Crippen LogP contribution in [0.15, 0.2) is 46.3 Å². The molecule has 0 amide bonds. The second kappa shape index (κ2) is 5.03. The lowest BCUT2D eigenvalue weighted by atomic mass is 10.2. The molecule has 0 radical (unpaired) electrons. The van der Waals surface area contributed by atoms with Crippen LogP contribution in [0.25, 0.3) is 0 Å². The van der Waals surface area contributed by atoms with Gasteiger partial charge in [-0.3, -0.25) is 0 Å². The summed E-state index contributed by atoms with van der Waals surface area (Å²) in [5.41, 5.74) is 2.99. The van der Waals surface area contributed by atoms with Crippen LogP contribution in [0.3, 0.4) is 0 Å². The molecule has 0 bridgehead atoms. The van der Waals surface area contributed by atoms with E-state index >= 15 is 0 Å². The van der Waals surface area contributed by atoms with Crippen molar-refractivity contribution in [2.45, 2.75) is 23.6 Å². The Morgan fingerprint density at radius 1 is 1.18 bits per heavy atom. The van der Waals surface area contributed by atoms with E-state index in [9.17, 15) is 0 Å². The quantitative estimate of drug-likeness (QED) is 0.802. The van der Waals surface area contributed by atoms with Gasteiger partial charge >= 0.3 is 0 Å². The van der Waals surface area contributed by atoms with Crippen LogP contribution in [0.4, 0.5) is 0 Å². The largest absolute Gasteiger partial charge is 0.244 e.